The number of hydrogen-bond donors (Lipinski definition) is 1. The maximum Gasteiger partial charge on any atom is 0.120 e. The molecule has 1 saturated heterocycles. The molecule has 1 aliphatic heterocycles. The Morgan fingerprint density at radius 3 is 2.45 bits per heavy atom. The minimum absolute atomic E-state index is 0.0613. The summed E-state index contributed by atoms with van der Waals surface area (Å²) in [5.74, 6) is 0.677. The second-order valence-corrected chi connectivity index (χ2v) is 4.20. The lowest BCUT2D eigenvalue weighted by atomic mass is 9.87. The molecule has 0 bridgehead atoms. The van der Waals surface area contributed by atoms with Crippen molar-refractivity contribution in [2.45, 2.75) is 45.3 Å². The van der Waals surface area contributed by atoms with Crippen LogP contribution in [0.15, 0.2) is 0 Å². The molecule has 0 spiro atoms. The van der Waals surface area contributed by atoms with Gasteiger partial charge in [0.1, 0.15) is 5.67 Å². The van der Waals surface area contributed by atoms with Gasteiger partial charge in [-0.25, -0.2) is 4.39 Å². The van der Waals surface area contributed by atoms with Gasteiger partial charge in [-0.15, -0.1) is 0 Å². The van der Waals surface area contributed by atoms with E-state index in [0.29, 0.717) is 5.92 Å². The van der Waals surface area contributed by atoms with Crippen LogP contribution in [0.25, 0.3) is 0 Å². The lowest BCUT2D eigenvalue weighted by molar-refractivity contribution is 0.113. The van der Waals surface area contributed by atoms with E-state index in [0.717, 1.165) is 13.0 Å². The highest BCUT2D eigenvalue weighted by atomic mass is 19.1. The first-order valence-corrected chi connectivity index (χ1v) is 4.42. The van der Waals surface area contributed by atoms with Crippen LogP contribution in [-0.2, 0) is 0 Å². The fourth-order valence-corrected chi connectivity index (χ4v) is 1.63. The van der Waals surface area contributed by atoms with Gasteiger partial charge in [-0.05, 0) is 39.2 Å². The van der Waals surface area contributed by atoms with Crippen LogP contribution < -0.4 is 5.32 Å². The summed E-state index contributed by atoms with van der Waals surface area (Å²) in [6.45, 7) is 6.48. The van der Waals surface area contributed by atoms with Crippen LogP contribution in [0.3, 0.4) is 0 Å². The van der Waals surface area contributed by atoms with Gasteiger partial charge >= 0.3 is 0 Å². The first kappa shape index (κ1) is 8.98. The molecular formula is C9H18FN. The second-order valence-electron chi connectivity index (χ2n) is 4.20. The van der Waals surface area contributed by atoms with Crippen molar-refractivity contribution in [3.05, 3.63) is 0 Å². The monoisotopic (exact) mass is 159 g/mol. The van der Waals surface area contributed by atoms with Crippen LogP contribution in [0.1, 0.15) is 33.6 Å². The highest BCUT2D eigenvalue weighted by Gasteiger charge is 2.31. The Bertz CT molecular complexity index is 128. The summed E-state index contributed by atoms with van der Waals surface area (Å²) in [6, 6.07) is 0.0613. The first-order valence-electron chi connectivity index (χ1n) is 4.42. The number of nitrogens with one attached hydrogen (secondary N) is 1. The Balaban J connectivity index is 2.46. The number of rotatable bonds is 1. The molecule has 1 nitrogen and oxygen atoms in total. The van der Waals surface area contributed by atoms with E-state index >= 15 is 0 Å². The van der Waals surface area contributed by atoms with Crippen LogP contribution >= 0.6 is 0 Å². The SMILES string of the molecule is CC1CCNC(C(C)(C)F)C1. The zero-order valence-electron chi connectivity index (χ0n) is 7.65. The van der Waals surface area contributed by atoms with E-state index in [1.807, 2.05) is 0 Å². The van der Waals surface area contributed by atoms with Gasteiger partial charge in [-0.1, -0.05) is 6.92 Å². The molecule has 2 heteroatoms. The predicted octanol–water partition coefficient (Wildman–Crippen LogP) is 2.12. The molecule has 1 heterocycles. The summed E-state index contributed by atoms with van der Waals surface area (Å²) in [5.41, 5.74) is -1.06. The molecule has 1 N–H and O–H groups in total. The van der Waals surface area contributed by atoms with Crippen molar-refractivity contribution in [3.8, 4) is 0 Å². The summed E-state index contributed by atoms with van der Waals surface area (Å²) in [6.07, 6.45) is 2.16. The normalized spacial score (nSPS) is 33.8. The van der Waals surface area contributed by atoms with E-state index in [1.54, 1.807) is 13.8 Å². The Hall–Kier alpha value is -0.110. The van der Waals surface area contributed by atoms with Crippen LogP contribution in [0, 0.1) is 5.92 Å². The topological polar surface area (TPSA) is 12.0 Å². The molecule has 11 heavy (non-hydrogen) atoms. The van der Waals surface area contributed by atoms with E-state index in [9.17, 15) is 4.39 Å². The lowest BCUT2D eigenvalue weighted by Crippen LogP contribution is -2.48. The molecule has 0 aromatic heterocycles. The van der Waals surface area contributed by atoms with Gasteiger partial charge in [0.2, 0.25) is 0 Å². The molecule has 1 aliphatic rings. The Morgan fingerprint density at radius 1 is 1.45 bits per heavy atom. The molecular weight excluding hydrogens is 141 g/mol. The molecule has 0 radical (unpaired) electrons. The number of halogens is 1. The van der Waals surface area contributed by atoms with E-state index in [2.05, 4.69) is 12.2 Å². The van der Waals surface area contributed by atoms with Gasteiger partial charge in [-0.2, -0.15) is 0 Å². The Morgan fingerprint density at radius 2 is 2.09 bits per heavy atom. The molecule has 66 valence electrons. The maximum absolute atomic E-state index is 13.4. The van der Waals surface area contributed by atoms with Gasteiger partial charge < -0.3 is 5.32 Å². The standard InChI is InChI=1S/C9H18FN/c1-7-4-5-11-8(6-7)9(2,3)10/h7-8,11H,4-6H2,1-3H3. The average molecular weight is 159 g/mol. The fraction of sp³-hybridized carbons (Fsp3) is 1.00. The summed E-state index contributed by atoms with van der Waals surface area (Å²) in [4.78, 5) is 0. The van der Waals surface area contributed by atoms with Gasteiger partial charge in [0.05, 0.1) is 0 Å². The fourth-order valence-electron chi connectivity index (χ4n) is 1.63. The Labute approximate surface area is 68.4 Å². The van der Waals surface area contributed by atoms with Gasteiger partial charge in [0.25, 0.3) is 0 Å². The highest BCUT2D eigenvalue weighted by molar-refractivity contribution is 4.88. The van der Waals surface area contributed by atoms with Crippen LogP contribution in [0.2, 0.25) is 0 Å². The molecule has 1 fully saturated rings. The third-order valence-corrected chi connectivity index (χ3v) is 2.49. The van der Waals surface area contributed by atoms with Gasteiger partial charge in [0, 0.05) is 6.04 Å². The molecule has 0 saturated carbocycles. The molecule has 0 aromatic carbocycles. The van der Waals surface area contributed by atoms with Crippen molar-refractivity contribution in [3.63, 3.8) is 0 Å². The predicted molar refractivity (Wildman–Crippen MR) is 45.4 cm³/mol. The van der Waals surface area contributed by atoms with E-state index in [-0.39, 0.29) is 6.04 Å². The summed E-state index contributed by atoms with van der Waals surface area (Å²) in [5, 5.41) is 3.21. The minimum Gasteiger partial charge on any atom is -0.311 e. The molecule has 2 atom stereocenters. The highest BCUT2D eigenvalue weighted by Crippen LogP contribution is 2.25. The number of piperidine rings is 1. The number of hydrogen-bond acceptors (Lipinski definition) is 1. The van der Waals surface area contributed by atoms with Crippen molar-refractivity contribution in [1.29, 1.82) is 0 Å². The van der Waals surface area contributed by atoms with Crippen molar-refractivity contribution in [2.24, 2.45) is 5.92 Å². The summed E-state index contributed by atoms with van der Waals surface area (Å²) < 4.78 is 13.4. The zero-order chi connectivity index (χ0) is 8.48. The molecule has 0 aromatic rings. The summed E-state index contributed by atoms with van der Waals surface area (Å²) in [7, 11) is 0. The average Bonchev–Trinajstić information content (AvgIpc) is 1.86. The third kappa shape index (κ3) is 2.44. The molecule has 0 aliphatic carbocycles. The van der Waals surface area contributed by atoms with Crippen molar-refractivity contribution >= 4 is 0 Å². The van der Waals surface area contributed by atoms with Crippen LogP contribution in [0.4, 0.5) is 4.39 Å². The minimum atomic E-state index is -1.06. The smallest absolute Gasteiger partial charge is 0.120 e. The zero-order valence-corrected chi connectivity index (χ0v) is 7.65. The third-order valence-electron chi connectivity index (χ3n) is 2.49. The van der Waals surface area contributed by atoms with Crippen molar-refractivity contribution in [1.82, 2.24) is 5.32 Å². The van der Waals surface area contributed by atoms with Crippen LogP contribution in [-0.4, -0.2) is 18.3 Å². The number of alkyl halides is 1. The van der Waals surface area contributed by atoms with Crippen molar-refractivity contribution < 1.29 is 4.39 Å². The summed E-state index contributed by atoms with van der Waals surface area (Å²) >= 11 is 0. The molecule has 2 unspecified atom stereocenters. The maximum atomic E-state index is 13.4. The Kier molecular flexibility index (Phi) is 2.53. The van der Waals surface area contributed by atoms with Crippen LogP contribution in [0.5, 0.6) is 0 Å². The quantitative estimate of drug-likeness (QED) is 0.618. The van der Waals surface area contributed by atoms with Crippen molar-refractivity contribution in [2.75, 3.05) is 6.54 Å². The molecule has 1 rings (SSSR count). The lowest BCUT2D eigenvalue weighted by Gasteiger charge is -2.34. The van der Waals surface area contributed by atoms with Gasteiger partial charge in [0.15, 0.2) is 0 Å². The van der Waals surface area contributed by atoms with E-state index < -0.39 is 5.67 Å². The molecule has 0 amide bonds. The first-order chi connectivity index (χ1) is 5.00. The van der Waals surface area contributed by atoms with E-state index in [1.165, 1.54) is 6.42 Å². The van der Waals surface area contributed by atoms with Gasteiger partial charge in [-0.3, -0.25) is 0 Å². The largest absolute Gasteiger partial charge is 0.311 e. The second kappa shape index (κ2) is 3.10. The van der Waals surface area contributed by atoms with E-state index in [4.69, 9.17) is 0 Å².